The minimum Gasteiger partial charge on any atom is -0.380 e. The van der Waals surface area contributed by atoms with Crippen molar-refractivity contribution in [1.29, 1.82) is 0 Å². The van der Waals surface area contributed by atoms with Crippen molar-refractivity contribution >= 4 is 24.8 Å². The van der Waals surface area contributed by atoms with Crippen molar-refractivity contribution in [2.75, 3.05) is 32.8 Å². The van der Waals surface area contributed by atoms with Gasteiger partial charge in [0.05, 0.1) is 6.61 Å². The monoisotopic (exact) mass is 270 g/mol. The maximum absolute atomic E-state index is 5.43. The lowest BCUT2D eigenvalue weighted by Gasteiger charge is -2.35. The standard InChI is InChI=1S/C11H22N2O.2ClH/c1-2-12-10-3-6-13(7-4-10)11-5-8-14-9-11;;/h10-12H,2-9H2,1H3;2*1H. The lowest BCUT2D eigenvalue weighted by atomic mass is 10.0. The fourth-order valence-corrected chi connectivity index (χ4v) is 2.57. The van der Waals surface area contributed by atoms with Gasteiger partial charge in [-0.15, -0.1) is 24.8 Å². The summed E-state index contributed by atoms with van der Waals surface area (Å²) < 4.78 is 5.43. The molecule has 1 unspecified atom stereocenters. The van der Waals surface area contributed by atoms with Gasteiger partial charge in [0.1, 0.15) is 0 Å². The molecule has 0 aromatic heterocycles. The Labute approximate surface area is 111 Å². The van der Waals surface area contributed by atoms with Gasteiger partial charge in [-0.25, -0.2) is 0 Å². The second kappa shape index (κ2) is 8.54. The van der Waals surface area contributed by atoms with E-state index in [-0.39, 0.29) is 24.8 Å². The Kier molecular flexibility index (Phi) is 8.78. The minimum absolute atomic E-state index is 0. The van der Waals surface area contributed by atoms with Crippen LogP contribution < -0.4 is 5.32 Å². The molecule has 2 saturated heterocycles. The Morgan fingerprint density at radius 3 is 2.38 bits per heavy atom. The zero-order valence-electron chi connectivity index (χ0n) is 9.98. The molecule has 3 nitrogen and oxygen atoms in total. The third kappa shape index (κ3) is 4.38. The lowest BCUT2D eigenvalue weighted by molar-refractivity contribution is 0.117. The zero-order valence-corrected chi connectivity index (χ0v) is 11.6. The molecule has 2 heterocycles. The van der Waals surface area contributed by atoms with Gasteiger partial charge in [-0.1, -0.05) is 6.92 Å². The van der Waals surface area contributed by atoms with Crippen molar-refractivity contribution in [3.63, 3.8) is 0 Å². The second-order valence-electron chi connectivity index (χ2n) is 4.39. The number of nitrogens with one attached hydrogen (secondary N) is 1. The Balaban J connectivity index is 0.00000112. The average Bonchev–Trinajstić information content (AvgIpc) is 2.72. The normalized spacial score (nSPS) is 27.2. The third-order valence-electron chi connectivity index (χ3n) is 3.44. The van der Waals surface area contributed by atoms with Crippen LogP contribution in [0.2, 0.25) is 0 Å². The summed E-state index contributed by atoms with van der Waals surface area (Å²) in [4.78, 5) is 2.61. The molecule has 2 fully saturated rings. The van der Waals surface area contributed by atoms with E-state index in [2.05, 4.69) is 17.1 Å². The molecule has 2 rings (SSSR count). The highest BCUT2D eigenvalue weighted by atomic mass is 35.5. The highest BCUT2D eigenvalue weighted by Gasteiger charge is 2.26. The molecular formula is C11H24Cl2N2O. The summed E-state index contributed by atoms with van der Waals surface area (Å²) in [5, 5.41) is 3.54. The SMILES string of the molecule is CCNC1CCN(C2CCOC2)CC1.Cl.Cl. The van der Waals surface area contributed by atoms with Crippen molar-refractivity contribution < 1.29 is 4.74 Å². The summed E-state index contributed by atoms with van der Waals surface area (Å²) in [6, 6.07) is 1.48. The molecule has 1 N–H and O–H groups in total. The molecule has 16 heavy (non-hydrogen) atoms. The first-order valence-electron chi connectivity index (χ1n) is 5.95. The summed E-state index contributed by atoms with van der Waals surface area (Å²) in [6.07, 6.45) is 3.86. The van der Waals surface area contributed by atoms with Gasteiger partial charge in [-0.2, -0.15) is 0 Å². The number of halogens is 2. The molecule has 0 bridgehead atoms. The van der Waals surface area contributed by atoms with Gasteiger partial charge < -0.3 is 10.1 Å². The Hall–Kier alpha value is 0.460. The van der Waals surface area contributed by atoms with Gasteiger partial charge in [-0.3, -0.25) is 4.90 Å². The number of hydrogen-bond acceptors (Lipinski definition) is 3. The maximum atomic E-state index is 5.43. The molecular weight excluding hydrogens is 247 g/mol. The van der Waals surface area contributed by atoms with Crippen LogP contribution in [-0.2, 0) is 4.74 Å². The van der Waals surface area contributed by atoms with Gasteiger partial charge in [0, 0.05) is 31.8 Å². The smallest absolute Gasteiger partial charge is 0.0622 e. The molecule has 2 aliphatic rings. The molecule has 0 saturated carbocycles. The first-order valence-corrected chi connectivity index (χ1v) is 5.95. The van der Waals surface area contributed by atoms with E-state index in [1.807, 2.05) is 0 Å². The highest BCUT2D eigenvalue weighted by Crippen LogP contribution is 2.18. The Bertz CT molecular complexity index is 169. The van der Waals surface area contributed by atoms with Crippen LogP contribution in [0.25, 0.3) is 0 Å². The van der Waals surface area contributed by atoms with Crippen LogP contribution >= 0.6 is 24.8 Å². The van der Waals surface area contributed by atoms with E-state index in [9.17, 15) is 0 Å². The highest BCUT2D eigenvalue weighted by molar-refractivity contribution is 5.85. The molecule has 2 aliphatic heterocycles. The molecule has 1 atom stereocenters. The molecule has 0 spiro atoms. The fraction of sp³-hybridized carbons (Fsp3) is 1.00. The maximum Gasteiger partial charge on any atom is 0.0622 e. The van der Waals surface area contributed by atoms with E-state index in [4.69, 9.17) is 4.74 Å². The van der Waals surface area contributed by atoms with Crippen LogP contribution in [0.4, 0.5) is 0 Å². The van der Waals surface area contributed by atoms with E-state index in [0.717, 1.165) is 31.8 Å². The summed E-state index contributed by atoms with van der Waals surface area (Å²) >= 11 is 0. The van der Waals surface area contributed by atoms with Crippen LogP contribution in [0, 0.1) is 0 Å². The fourth-order valence-electron chi connectivity index (χ4n) is 2.57. The Morgan fingerprint density at radius 2 is 1.88 bits per heavy atom. The van der Waals surface area contributed by atoms with Crippen molar-refractivity contribution in [3.8, 4) is 0 Å². The summed E-state index contributed by atoms with van der Waals surface area (Å²) in [7, 11) is 0. The van der Waals surface area contributed by atoms with Crippen LogP contribution in [0.15, 0.2) is 0 Å². The van der Waals surface area contributed by atoms with Crippen LogP contribution in [0.3, 0.4) is 0 Å². The topological polar surface area (TPSA) is 24.5 Å². The van der Waals surface area contributed by atoms with E-state index < -0.39 is 0 Å². The van der Waals surface area contributed by atoms with E-state index in [0.29, 0.717) is 0 Å². The molecule has 0 aliphatic carbocycles. The van der Waals surface area contributed by atoms with Gasteiger partial charge in [-0.05, 0) is 25.8 Å². The second-order valence-corrected chi connectivity index (χ2v) is 4.39. The number of piperidine rings is 1. The number of likely N-dealkylation sites (tertiary alicyclic amines) is 1. The van der Waals surface area contributed by atoms with Gasteiger partial charge >= 0.3 is 0 Å². The van der Waals surface area contributed by atoms with Gasteiger partial charge in [0.25, 0.3) is 0 Å². The number of nitrogens with zero attached hydrogens (tertiary/aromatic N) is 1. The number of ether oxygens (including phenoxy) is 1. The van der Waals surface area contributed by atoms with Crippen molar-refractivity contribution in [3.05, 3.63) is 0 Å². The number of rotatable bonds is 3. The zero-order chi connectivity index (χ0) is 9.80. The number of hydrogen-bond donors (Lipinski definition) is 1. The molecule has 0 radical (unpaired) electrons. The quantitative estimate of drug-likeness (QED) is 0.845. The third-order valence-corrected chi connectivity index (χ3v) is 3.44. The predicted octanol–water partition coefficient (Wildman–Crippen LogP) is 1.69. The van der Waals surface area contributed by atoms with Gasteiger partial charge in [0.2, 0.25) is 0 Å². The molecule has 0 amide bonds. The van der Waals surface area contributed by atoms with Gasteiger partial charge in [0.15, 0.2) is 0 Å². The summed E-state index contributed by atoms with van der Waals surface area (Å²) in [6.45, 7) is 7.75. The summed E-state index contributed by atoms with van der Waals surface area (Å²) in [5.41, 5.74) is 0. The minimum atomic E-state index is 0. The van der Waals surface area contributed by atoms with E-state index in [1.165, 1.54) is 32.4 Å². The molecule has 98 valence electrons. The largest absolute Gasteiger partial charge is 0.380 e. The van der Waals surface area contributed by atoms with E-state index >= 15 is 0 Å². The van der Waals surface area contributed by atoms with Crippen molar-refractivity contribution in [2.45, 2.75) is 38.3 Å². The molecule has 5 heteroatoms. The Morgan fingerprint density at radius 1 is 1.19 bits per heavy atom. The average molecular weight is 271 g/mol. The first-order chi connectivity index (χ1) is 6.90. The van der Waals surface area contributed by atoms with Crippen LogP contribution in [-0.4, -0.2) is 49.8 Å². The van der Waals surface area contributed by atoms with E-state index in [1.54, 1.807) is 0 Å². The lowest BCUT2D eigenvalue weighted by Crippen LogP contribution is -2.46. The molecule has 0 aromatic carbocycles. The van der Waals surface area contributed by atoms with Crippen LogP contribution in [0.5, 0.6) is 0 Å². The van der Waals surface area contributed by atoms with Crippen molar-refractivity contribution in [1.82, 2.24) is 10.2 Å². The van der Waals surface area contributed by atoms with Crippen molar-refractivity contribution in [2.24, 2.45) is 0 Å². The summed E-state index contributed by atoms with van der Waals surface area (Å²) in [5.74, 6) is 0. The predicted molar refractivity (Wildman–Crippen MR) is 72.0 cm³/mol. The molecule has 0 aromatic rings. The first kappa shape index (κ1) is 16.5. The van der Waals surface area contributed by atoms with Crippen LogP contribution in [0.1, 0.15) is 26.2 Å².